The van der Waals surface area contributed by atoms with Crippen LogP contribution in [-0.2, 0) is 9.59 Å². The van der Waals surface area contributed by atoms with Gasteiger partial charge in [-0.05, 0) is 27.7 Å². The molecule has 4 heteroatoms. The van der Waals surface area contributed by atoms with Crippen molar-refractivity contribution in [2.24, 2.45) is 0 Å². The number of carbonyl (C=O) groups is 2. The zero-order valence-corrected chi connectivity index (χ0v) is 8.34. The van der Waals surface area contributed by atoms with Gasteiger partial charge in [0.15, 0.2) is 0 Å². The van der Waals surface area contributed by atoms with Gasteiger partial charge < -0.3 is 10.4 Å². The van der Waals surface area contributed by atoms with E-state index < -0.39 is 5.97 Å². The Morgan fingerprint density at radius 1 is 1.31 bits per heavy atom. The molecule has 0 aliphatic heterocycles. The number of carboxylic acids is 1. The Hall–Kier alpha value is -1.32. The molecular formula is C9H15NO3. The molecule has 0 bridgehead atoms. The molecule has 13 heavy (non-hydrogen) atoms. The normalized spacial score (nSPS) is 12.5. The minimum Gasteiger partial charge on any atom is -0.478 e. The van der Waals surface area contributed by atoms with Crippen LogP contribution in [0.5, 0.6) is 0 Å². The van der Waals surface area contributed by atoms with Gasteiger partial charge in [0.05, 0.1) is 0 Å². The lowest BCUT2D eigenvalue weighted by atomic mass is 10.1. The van der Waals surface area contributed by atoms with Crippen molar-refractivity contribution in [3.05, 3.63) is 11.6 Å². The summed E-state index contributed by atoms with van der Waals surface area (Å²) < 4.78 is 0. The molecule has 0 radical (unpaired) electrons. The van der Waals surface area contributed by atoms with E-state index in [4.69, 9.17) is 5.11 Å². The molecule has 0 atom stereocenters. The van der Waals surface area contributed by atoms with E-state index in [0.717, 1.165) is 6.08 Å². The lowest BCUT2D eigenvalue weighted by molar-refractivity contribution is -0.132. The summed E-state index contributed by atoms with van der Waals surface area (Å²) in [7, 11) is 0. The van der Waals surface area contributed by atoms with Crippen LogP contribution in [0.1, 0.15) is 27.7 Å². The second kappa shape index (κ2) is 4.07. The van der Waals surface area contributed by atoms with E-state index in [1.807, 2.05) is 20.8 Å². The van der Waals surface area contributed by atoms with E-state index in [9.17, 15) is 9.59 Å². The highest BCUT2D eigenvalue weighted by molar-refractivity contribution is 5.98. The summed E-state index contributed by atoms with van der Waals surface area (Å²) in [5, 5.41) is 11.0. The first-order valence-corrected chi connectivity index (χ1v) is 3.96. The van der Waals surface area contributed by atoms with E-state index in [0.29, 0.717) is 0 Å². The van der Waals surface area contributed by atoms with Crippen molar-refractivity contribution in [2.75, 3.05) is 0 Å². The van der Waals surface area contributed by atoms with Crippen molar-refractivity contribution in [1.29, 1.82) is 0 Å². The van der Waals surface area contributed by atoms with Crippen molar-refractivity contribution in [3.8, 4) is 0 Å². The molecule has 1 amide bonds. The Kier molecular flexibility index (Phi) is 3.66. The fraction of sp³-hybridized carbons (Fsp3) is 0.556. The molecule has 0 rings (SSSR count). The third kappa shape index (κ3) is 5.90. The minimum absolute atomic E-state index is 0.197. The summed E-state index contributed by atoms with van der Waals surface area (Å²) in [4.78, 5) is 21.5. The first-order chi connectivity index (χ1) is 5.72. The van der Waals surface area contributed by atoms with Gasteiger partial charge in [0, 0.05) is 17.2 Å². The summed E-state index contributed by atoms with van der Waals surface area (Å²) in [5.41, 5.74) is -0.146. The molecule has 0 saturated carbocycles. The molecule has 0 aliphatic carbocycles. The fourth-order valence-corrected chi connectivity index (χ4v) is 0.690. The van der Waals surface area contributed by atoms with Crippen LogP contribution in [0.15, 0.2) is 11.6 Å². The fourth-order valence-electron chi connectivity index (χ4n) is 0.690. The molecule has 2 N–H and O–H groups in total. The topological polar surface area (TPSA) is 66.4 Å². The molecule has 4 nitrogen and oxygen atoms in total. The van der Waals surface area contributed by atoms with Crippen LogP contribution in [0, 0.1) is 0 Å². The Morgan fingerprint density at radius 3 is 2.08 bits per heavy atom. The summed E-state index contributed by atoms with van der Waals surface area (Å²) in [6.07, 6.45) is 0.890. The van der Waals surface area contributed by atoms with Crippen LogP contribution in [0.2, 0.25) is 0 Å². The zero-order valence-electron chi connectivity index (χ0n) is 8.34. The number of rotatable bonds is 2. The molecule has 0 aromatic rings. The minimum atomic E-state index is -1.11. The van der Waals surface area contributed by atoms with Gasteiger partial charge in [0.1, 0.15) is 0 Å². The van der Waals surface area contributed by atoms with E-state index in [1.54, 1.807) is 0 Å². The van der Waals surface area contributed by atoms with Crippen LogP contribution in [-0.4, -0.2) is 22.5 Å². The molecule has 0 saturated heterocycles. The molecule has 0 heterocycles. The molecule has 0 aromatic carbocycles. The summed E-state index contributed by atoms with van der Waals surface area (Å²) in [6.45, 7) is 6.96. The summed E-state index contributed by atoms with van der Waals surface area (Å²) in [6, 6.07) is 0. The van der Waals surface area contributed by atoms with Crippen molar-refractivity contribution in [1.82, 2.24) is 5.32 Å². The molecule has 0 aromatic heterocycles. The number of aliphatic carboxylic acids is 1. The standard InChI is InChI=1S/C9H15NO3/c1-6(5-7(11)12)8(13)10-9(2,3)4/h5H,1-4H3,(H,10,13)(H,11,12)/b6-5+. The van der Waals surface area contributed by atoms with E-state index in [-0.39, 0.29) is 17.0 Å². The van der Waals surface area contributed by atoms with E-state index in [2.05, 4.69) is 5.32 Å². The third-order valence-electron chi connectivity index (χ3n) is 1.19. The number of nitrogens with one attached hydrogen (secondary N) is 1. The van der Waals surface area contributed by atoms with Crippen LogP contribution >= 0.6 is 0 Å². The Balaban J connectivity index is 4.37. The van der Waals surface area contributed by atoms with Crippen molar-refractivity contribution in [3.63, 3.8) is 0 Å². The number of amides is 1. The maximum atomic E-state index is 11.3. The monoisotopic (exact) mass is 185 g/mol. The van der Waals surface area contributed by atoms with Gasteiger partial charge in [0.25, 0.3) is 0 Å². The predicted octanol–water partition coefficient (Wildman–Crippen LogP) is 0.932. The maximum Gasteiger partial charge on any atom is 0.328 e. The number of hydrogen-bond donors (Lipinski definition) is 2. The quantitative estimate of drug-likeness (QED) is 0.629. The average Bonchev–Trinajstić information content (AvgIpc) is 1.81. The lowest BCUT2D eigenvalue weighted by Crippen LogP contribution is -2.41. The van der Waals surface area contributed by atoms with Crippen LogP contribution in [0.3, 0.4) is 0 Å². The van der Waals surface area contributed by atoms with Gasteiger partial charge in [-0.15, -0.1) is 0 Å². The van der Waals surface area contributed by atoms with Crippen LogP contribution in [0.4, 0.5) is 0 Å². The summed E-state index contributed by atoms with van der Waals surface area (Å²) in [5.74, 6) is -1.46. The van der Waals surface area contributed by atoms with Gasteiger partial charge in [0.2, 0.25) is 5.91 Å². The molecular weight excluding hydrogens is 170 g/mol. The molecule has 74 valence electrons. The number of carboxylic acid groups (broad SMARTS) is 1. The first-order valence-electron chi connectivity index (χ1n) is 3.96. The highest BCUT2D eigenvalue weighted by Crippen LogP contribution is 2.01. The van der Waals surface area contributed by atoms with Gasteiger partial charge in [-0.2, -0.15) is 0 Å². The number of carbonyl (C=O) groups excluding carboxylic acids is 1. The smallest absolute Gasteiger partial charge is 0.328 e. The van der Waals surface area contributed by atoms with Crippen molar-refractivity contribution in [2.45, 2.75) is 33.2 Å². The Bertz CT molecular complexity index is 248. The van der Waals surface area contributed by atoms with Gasteiger partial charge in [-0.3, -0.25) is 4.79 Å². The predicted molar refractivity (Wildman–Crippen MR) is 49.3 cm³/mol. The molecule has 0 fully saturated rings. The third-order valence-corrected chi connectivity index (χ3v) is 1.19. The van der Waals surface area contributed by atoms with Crippen LogP contribution in [0.25, 0.3) is 0 Å². The van der Waals surface area contributed by atoms with Gasteiger partial charge in [-0.25, -0.2) is 4.79 Å². The van der Waals surface area contributed by atoms with Crippen LogP contribution < -0.4 is 5.32 Å². The maximum absolute atomic E-state index is 11.3. The molecule has 0 unspecified atom stereocenters. The molecule has 0 spiro atoms. The zero-order chi connectivity index (χ0) is 10.6. The summed E-state index contributed by atoms with van der Waals surface area (Å²) >= 11 is 0. The largest absolute Gasteiger partial charge is 0.478 e. The Labute approximate surface area is 77.6 Å². The highest BCUT2D eigenvalue weighted by atomic mass is 16.4. The van der Waals surface area contributed by atoms with Gasteiger partial charge >= 0.3 is 5.97 Å². The first kappa shape index (κ1) is 11.7. The highest BCUT2D eigenvalue weighted by Gasteiger charge is 2.14. The second-order valence-electron chi connectivity index (χ2n) is 3.87. The van der Waals surface area contributed by atoms with E-state index in [1.165, 1.54) is 6.92 Å². The number of hydrogen-bond acceptors (Lipinski definition) is 2. The van der Waals surface area contributed by atoms with E-state index >= 15 is 0 Å². The van der Waals surface area contributed by atoms with Crippen molar-refractivity contribution >= 4 is 11.9 Å². The Morgan fingerprint density at radius 2 is 1.77 bits per heavy atom. The van der Waals surface area contributed by atoms with Crippen molar-refractivity contribution < 1.29 is 14.7 Å². The molecule has 0 aliphatic rings. The lowest BCUT2D eigenvalue weighted by Gasteiger charge is -2.20. The van der Waals surface area contributed by atoms with Gasteiger partial charge in [-0.1, -0.05) is 0 Å². The SMILES string of the molecule is C/C(=C\C(=O)O)C(=O)NC(C)(C)C. The second-order valence-corrected chi connectivity index (χ2v) is 3.87. The average molecular weight is 185 g/mol.